The van der Waals surface area contributed by atoms with Crippen LogP contribution in [0.15, 0.2) is 84.5 Å². The van der Waals surface area contributed by atoms with Crippen molar-refractivity contribution < 1.29 is 19.8 Å². The Balaban J connectivity index is 1.92. The fraction of sp³-hybridized carbons (Fsp3) is 0.438. The first-order valence-corrected chi connectivity index (χ1v) is 13.9. The number of primary amides is 1. The van der Waals surface area contributed by atoms with Gasteiger partial charge in [-0.05, 0) is 36.8 Å². The minimum absolute atomic E-state index is 0.0934. The Bertz CT molecular complexity index is 1110. The van der Waals surface area contributed by atoms with Gasteiger partial charge in [0.1, 0.15) is 0 Å². The first-order chi connectivity index (χ1) is 18.9. The van der Waals surface area contributed by atoms with E-state index < -0.39 is 23.3 Å². The average molecular weight is 534 g/mol. The number of hydrogen-bond donors (Lipinski definition) is 4. The number of hydrogen-bond acceptors (Lipinski definition) is 5. The zero-order valence-corrected chi connectivity index (χ0v) is 23.1. The third-order valence-electron chi connectivity index (χ3n) is 7.56. The molecule has 0 aromatic heterocycles. The van der Waals surface area contributed by atoms with E-state index in [-0.39, 0.29) is 31.5 Å². The molecular formula is C32H43N3O4. The molecule has 0 radical (unpaired) electrons. The molecule has 1 aliphatic carbocycles. The van der Waals surface area contributed by atoms with Crippen LogP contribution in [0.5, 0.6) is 0 Å². The average Bonchev–Trinajstić information content (AvgIpc) is 2.96. The molecule has 7 nitrogen and oxygen atoms in total. The smallest absolute Gasteiger partial charge is 0.249 e. The highest BCUT2D eigenvalue weighted by Crippen LogP contribution is 2.43. The Morgan fingerprint density at radius 2 is 1.64 bits per heavy atom. The van der Waals surface area contributed by atoms with Gasteiger partial charge >= 0.3 is 0 Å². The second-order valence-electron chi connectivity index (χ2n) is 10.3. The number of aliphatic hydroxyl groups is 2. The van der Waals surface area contributed by atoms with Crippen LogP contribution in [0.2, 0.25) is 0 Å². The molecule has 0 saturated carbocycles. The van der Waals surface area contributed by atoms with Crippen LogP contribution in [0.1, 0.15) is 50.3 Å². The number of carbonyl (C=O) groups excluding carboxylic acids is 2. The van der Waals surface area contributed by atoms with Crippen LogP contribution < -0.4 is 11.1 Å². The van der Waals surface area contributed by atoms with Gasteiger partial charge in [0.05, 0.1) is 24.2 Å². The number of nitrogens with zero attached hydrogens (tertiary/aromatic N) is 1. The molecule has 39 heavy (non-hydrogen) atoms. The number of rotatable bonds is 15. The maximum atomic E-state index is 13.5. The summed E-state index contributed by atoms with van der Waals surface area (Å²) in [5.41, 5.74) is 7.23. The van der Waals surface area contributed by atoms with Gasteiger partial charge < -0.3 is 26.2 Å². The minimum Gasteiger partial charge on any atom is -0.394 e. The van der Waals surface area contributed by atoms with Crippen molar-refractivity contribution in [2.45, 2.75) is 51.7 Å². The van der Waals surface area contributed by atoms with Crippen molar-refractivity contribution in [2.24, 2.45) is 17.1 Å². The lowest BCUT2D eigenvalue weighted by atomic mass is 9.64. The number of aliphatic hydroxyl groups excluding tert-OH is 2. The summed E-state index contributed by atoms with van der Waals surface area (Å²) in [6.07, 6.45) is 6.46. The van der Waals surface area contributed by atoms with Crippen molar-refractivity contribution in [3.05, 3.63) is 95.6 Å². The van der Waals surface area contributed by atoms with E-state index in [0.717, 1.165) is 24.0 Å². The molecule has 210 valence electrons. The molecule has 5 N–H and O–H groups in total. The fourth-order valence-corrected chi connectivity index (χ4v) is 5.49. The predicted octanol–water partition coefficient (Wildman–Crippen LogP) is 3.54. The van der Waals surface area contributed by atoms with E-state index in [0.29, 0.717) is 25.1 Å². The standard InChI is InChI=1S/C32H43N3O4/c1-3-18-35(19-4-2)30(38)26-16-11-17-32(21-26,31(33)39)27(20-24-12-7-5-8-13-24)29(37)22-34-28(23-36)25-14-9-6-10-15-25/h5-17,27-29,34,36-37H,3-4,18-23H2,1-2H3,(H2,33,39)/t27-,28+,29+,32?/m1/s1. The van der Waals surface area contributed by atoms with Gasteiger partial charge in [0.2, 0.25) is 11.8 Å². The molecule has 2 aromatic rings. The van der Waals surface area contributed by atoms with Gasteiger partial charge in [-0.2, -0.15) is 0 Å². The Kier molecular flexibility index (Phi) is 11.5. The Labute approximate surface area is 232 Å². The Hall–Kier alpha value is -3.26. The minimum atomic E-state index is -1.26. The maximum Gasteiger partial charge on any atom is 0.249 e. The van der Waals surface area contributed by atoms with Crippen LogP contribution in [-0.4, -0.2) is 59.3 Å². The van der Waals surface area contributed by atoms with Gasteiger partial charge in [0, 0.05) is 31.1 Å². The third-order valence-corrected chi connectivity index (χ3v) is 7.56. The molecule has 0 heterocycles. The van der Waals surface area contributed by atoms with Gasteiger partial charge in [0.15, 0.2) is 0 Å². The molecule has 1 unspecified atom stereocenters. The van der Waals surface area contributed by atoms with Gasteiger partial charge in [-0.25, -0.2) is 0 Å². The molecule has 2 aromatic carbocycles. The number of carbonyl (C=O) groups is 2. The largest absolute Gasteiger partial charge is 0.394 e. The molecule has 0 spiro atoms. The highest BCUT2D eigenvalue weighted by molar-refractivity contribution is 5.96. The van der Waals surface area contributed by atoms with Crippen LogP contribution in [0.3, 0.4) is 0 Å². The van der Waals surface area contributed by atoms with Gasteiger partial charge in [0.25, 0.3) is 0 Å². The van der Waals surface area contributed by atoms with E-state index >= 15 is 0 Å². The van der Waals surface area contributed by atoms with Crippen molar-refractivity contribution >= 4 is 11.8 Å². The molecule has 7 heteroatoms. The summed E-state index contributed by atoms with van der Waals surface area (Å²) in [5, 5.41) is 24.9. The Morgan fingerprint density at radius 1 is 1.03 bits per heavy atom. The lowest BCUT2D eigenvalue weighted by Crippen LogP contribution is -2.51. The quantitative estimate of drug-likeness (QED) is 0.280. The van der Waals surface area contributed by atoms with E-state index in [1.807, 2.05) is 79.4 Å². The van der Waals surface area contributed by atoms with Crippen molar-refractivity contribution in [2.75, 3.05) is 26.2 Å². The van der Waals surface area contributed by atoms with Crippen molar-refractivity contribution in [1.82, 2.24) is 10.2 Å². The first-order valence-electron chi connectivity index (χ1n) is 13.9. The second kappa shape index (κ2) is 14.8. The summed E-state index contributed by atoms with van der Waals surface area (Å²) in [4.78, 5) is 28.6. The number of allylic oxidation sites excluding steroid dienone is 2. The summed E-state index contributed by atoms with van der Waals surface area (Å²) in [6, 6.07) is 18.8. The molecule has 0 bridgehead atoms. The number of amides is 2. The lowest BCUT2D eigenvalue weighted by molar-refractivity contribution is -0.132. The van der Waals surface area contributed by atoms with E-state index in [1.165, 1.54) is 0 Å². The molecule has 3 rings (SSSR count). The van der Waals surface area contributed by atoms with Crippen LogP contribution in [0.4, 0.5) is 0 Å². The summed E-state index contributed by atoms with van der Waals surface area (Å²) < 4.78 is 0. The summed E-state index contributed by atoms with van der Waals surface area (Å²) in [5.74, 6) is -1.28. The second-order valence-corrected chi connectivity index (χ2v) is 10.3. The van der Waals surface area contributed by atoms with Crippen LogP contribution in [0, 0.1) is 11.3 Å². The number of benzene rings is 2. The zero-order valence-electron chi connectivity index (χ0n) is 23.1. The summed E-state index contributed by atoms with van der Waals surface area (Å²) >= 11 is 0. The Morgan fingerprint density at radius 3 is 2.21 bits per heavy atom. The van der Waals surface area contributed by atoms with E-state index in [2.05, 4.69) is 5.32 Å². The van der Waals surface area contributed by atoms with E-state index in [4.69, 9.17) is 5.73 Å². The topological polar surface area (TPSA) is 116 Å². The zero-order chi connectivity index (χ0) is 28.3. The molecule has 0 aliphatic heterocycles. The van der Waals surface area contributed by atoms with Crippen LogP contribution in [0.25, 0.3) is 0 Å². The SMILES string of the molecule is CCCN(CCC)C(=O)C1=CC=CC(C(N)=O)([C@H](Cc2ccccc2)[C@@H](O)CN[C@@H](CO)c2ccccc2)C1. The summed E-state index contributed by atoms with van der Waals surface area (Å²) in [7, 11) is 0. The predicted molar refractivity (Wildman–Crippen MR) is 155 cm³/mol. The highest BCUT2D eigenvalue weighted by atomic mass is 16.3. The van der Waals surface area contributed by atoms with Gasteiger partial charge in [-0.1, -0.05) is 92.7 Å². The van der Waals surface area contributed by atoms with Crippen molar-refractivity contribution in [1.29, 1.82) is 0 Å². The van der Waals surface area contributed by atoms with Crippen molar-refractivity contribution in [3.8, 4) is 0 Å². The molecular weight excluding hydrogens is 490 g/mol. The fourth-order valence-electron chi connectivity index (χ4n) is 5.49. The third kappa shape index (κ3) is 7.66. The molecule has 0 fully saturated rings. The number of nitrogens with two attached hydrogens (primary N) is 1. The normalized spacial score (nSPS) is 19.1. The number of nitrogens with one attached hydrogen (secondary N) is 1. The molecule has 0 saturated heterocycles. The molecule has 2 amide bonds. The molecule has 4 atom stereocenters. The van der Waals surface area contributed by atoms with Crippen LogP contribution >= 0.6 is 0 Å². The van der Waals surface area contributed by atoms with Crippen molar-refractivity contribution in [3.63, 3.8) is 0 Å². The summed E-state index contributed by atoms with van der Waals surface area (Å²) in [6.45, 7) is 5.33. The first kappa shape index (κ1) is 30.3. The maximum absolute atomic E-state index is 13.5. The van der Waals surface area contributed by atoms with Crippen LogP contribution in [-0.2, 0) is 16.0 Å². The highest BCUT2D eigenvalue weighted by Gasteiger charge is 2.47. The lowest BCUT2D eigenvalue weighted by Gasteiger charge is -2.41. The van der Waals surface area contributed by atoms with Gasteiger partial charge in [-0.3, -0.25) is 9.59 Å². The van der Waals surface area contributed by atoms with E-state index in [9.17, 15) is 19.8 Å². The molecule has 1 aliphatic rings. The van der Waals surface area contributed by atoms with Gasteiger partial charge in [-0.15, -0.1) is 0 Å². The van der Waals surface area contributed by atoms with E-state index in [1.54, 1.807) is 18.2 Å². The monoisotopic (exact) mass is 533 g/mol.